The Balaban J connectivity index is 1.92. The molecular weight excluding hydrogens is 468 g/mol. The molecule has 3 nitrogen and oxygen atoms in total. The van der Waals surface area contributed by atoms with Gasteiger partial charge in [-0.2, -0.15) is 13.2 Å². The van der Waals surface area contributed by atoms with E-state index in [2.05, 4.69) is 4.98 Å². The number of alkyl halides is 3. The number of hydrogen-bond acceptors (Lipinski definition) is 2. The summed E-state index contributed by atoms with van der Waals surface area (Å²) in [7, 11) is 0. The maximum absolute atomic E-state index is 15.3. The second kappa shape index (κ2) is 8.56. The van der Waals surface area contributed by atoms with Crippen molar-refractivity contribution in [3.63, 3.8) is 0 Å². The Labute approximate surface area is 199 Å². The van der Waals surface area contributed by atoms with E-state index in [1.165, 1.54) is 54.9 Å². The summed E-state index contributed by atoms with van der Waals surface area (Å²) >= 11 is 6.36. The van der Waals surface area contributed by atoms with Crippen LogP contribution in [0.4, 0.5) is 17.6 Å². The summed E-state index contributed by atoms with van der Waals surface area (Å²) in [5, 5.41) is 10.9. The highest BCUT2D eigenvalue weighted by Gasteiger charge is 2.35. The molecule has 0 bridgehead atoms. The van der Waals surface area contributed by atoms with Crippen LogP contribution in [0.2, 0.25) is 5.02 Å². The van der Waals surface area contributed by atoms with E-state index in [9.17, 15) is 18.3 Å². The largest absolute Gasteiger partial charge is 0.417 e. The first-order chi connectivity index (χ1) is 15.9. The Morgan fingerprint density at radius 3 is 2.24 bits per heavy atom. The number of halogens is 5. The molecule has 0 spiro atoms. The summed E-state index contributed by atoms with van der Waals surface area (Å²) < 4.78 is 57.8. The first kappa shape index (κ1) is 24.0. The molecule has 0 amide bonds. The molecule has 1 N–H and O–H groups in total. The predicted molar refractivity (Wildman–Crippen MR) is 124 cm³/mol. The molecule has 0 fully saturated rings. The third-order valence-electron chi connectivity index (χ3n) is 5.52. The van der Waals surface area contributed by atoms with Gasteiger partial charge in [0.15, 0.2) is 0 Å². The van der Waals surface area contributed by atoms with Crippen molar-refractivity contribution in [2.45, 2.75) is 32.5 Å². The number of imidazole rings is 1. The van der Waals surface area contributed by atoms with Gasteiger partial charge < -0.3 is 5.11 Å². The Hall–Kier alpha value is -3.16. The van der Waals surface area contributed by atoms with Gasteiger partial charge in [0.05, 0.1) is 22.0 Å². The van der Waals surface area contributed by atoms with E-state index in [0.29, 0.717) is 10.6 Å². The van der Waals surface area contributed by atoms with Crippen molar-refractivity contribution in [1.82, 2.24) is 9.55 Å². The summed E-state index contributed by atoms with van der Waals surface area (Å²) in [4.78, 5) is 4.31. The molecule has 4 rings (SSSR count). The lowest BCUT2D eigenvalue weighted by atomic mass is 10.0. The van der Waals surface area contributed by atoms with Gasteiger partial charge in [-0.05, 0) is 50.6 Å². The van der Waals surface area contributed by atoms with Gasteiger partial charge in [0.1, 0.15) is 17.2 Å². The van der Waals surface area contributed by atoms with Gasteiger partial charge in [-0.1, -0.05) is 48.0 Å². The molecular formula is C26H21ClF4N2O. The zero-order chi connectivity index (χ0) is 24.8. The van der Waals surface area contributed by atoms with Crippen molar-refractivity contribution in [2.75, 3.05) is 0 Å². The maximum Gasteiger partial charge on any atom is 0.417 e. The van der Waals surface area contributed by atoms with Crippen molar-refractivity contribution in [3.8, 4) is 28.2 Å². The van der Waals surface area contributed by atoms with Gasteiger partial charge in [-0.3, -0.25) is 4.57 Å². The Morgan fingerprint density at radius 1 is 0.912 bits per heavy atom. The first-order valence-electron chi connectivity index (χ1n) is 10.4. The zero-order valence-electron chi connectivity index (χ0n) is 18.6. The average molecular weight is 489 g/mol. The third kappa shape index (κ3) is 4.45. The lowest BCUT2D eigenvalue weighted by molar-refractivity contribution is -0.137. The fourth-order valence-corrected chi connectivity index (χ4v) is 3.94. The van der Waals surface area contributed by atoms with Crippen LogP contribution in [0, 0.1) is 12.7 Å². The van der Waals surface area contributed by atoms with Crippen molar-refractivity contribution in [3.05, 3.63) is 94.5 Å². The molecule has 176 valence electrons. The van der Waals surface area contributed by atoms with Crippen LogP contribution in [-0.4, -0.2) is 14.7 Å². The number of benzene rings is 3. The Bertz CT molecular complexity index is 1370. The van der Waals surface area contributed by atoms with Gasteiger partial charge in [0, 0.05) is 22.9 Å². The van der Waals surface area contributed by atoms with E-state index in [-0.39, 0.29) is 28.3 Å². The second-order valence-electron chi connectivity index (χ2n) is 8.52. The molecule has 0 unspecified atom stereocenters. The number of nitrogens with zero attached hydrogens (tertiary/aromatic N) is 2. The molecule has 0 saturated carbocycles. The van der Waals surface area contributed by atoms with Gasteiger partial charge in [-0.15, -0.1) is 0 Å². The van der Waals surface area contributed by atoms with Crippen LogP contribution in [0.25, 0.3) is 28.2 Å². The third-order valence-corrected chi connectivity index (χ3v) is 6.02. The fourth-order valence-electron chi connectivity index (χ4n) is 3.71. The summed E-state index contributed by atoms with van der Waals surface area (Å²) in [6.07, 6.45) is -3.21. The second-order valence-corrected chi connectivity index (χ2v) is 8.90. The molecule has 1 heterocycles. The molecule has 0 aliphatic rings. The number of rotatable bonds is 4. The molecule has 8 heteroatoms. The average Bonchev–Trinajstić information content (AvgIpc) is 3.21. The van der Waals surface area contributed by atoms with Gasteiger partial charge >= 0.3 is 6.18 Å². The van der Waals surface area contributed by atoms with Crippen molar-refractivity contribution >= 4 is 11.6 Å². The van der Waals surface area contributed by atoms with Crippen molar-refractivity contribution < 1.29 is 22.7 Å². The highest BCUT2D eigenvalue weighted by molar-refractivity contribution is 6.34. The minimum Gasteiger partial charge on any atom is -0.384 e. The topological polar surface area (TPSA) is 38.0 Å². The van der Waals surface area contributed by atoms with Crippen LogP contribution in [0.15, 0.2) is 66.9 Å². The van der Waals surface area contributed by atoms with Gasteiger partial charge in [-0.25, -0.2) is 9.37 Å². The molecule has 1 aromatic heterocycles. The lowest BCUT2D eigenvalue weighted by Gasteiger charge is -2.15. The van der Waals surface area contributed by atoms with Crippen LogP contribution in [0.3, 0.4) is 0 Å². The van der Waals surface area contributed by atoms with E-state index >= 15 is 4.39 Å². The Kier molecular flexibility index (Phi) is 6.04. The van der Waals surface area contributed by atoms with E-state index in [0.717, 1.165) is 11.6 Å². The van der Waals surface area contributed by atoms with E-state index in [4.69, 9.17) is 11.6 Å². The monoisotopic (exact) mass is 488 g/mol. The van der Waals surface area contributed by atoms with Gasteiger partial charge in [0.2, 0.25) is 0 Å². The highest BCUT2D eigenvalue weighted by Crippen LogP contribution is 2.39. The van der Waals surface area contributed by atoms with E-state index in [1.54, 1.807) is 18.2 Å². The molecule has 34 heavy (non-hydrogen) atoms. The normalized spacial score (nSPS) is 12.3. The van der Waals surface area contributed by atoms with Crippen LogP contribution >= 0.6 is 11.6 Å². The minimum absolute atomic E-state index is 0.0641. The number of aromatic nitrogens is 2. The Morgan fingerprint density at radius 2 is 1.59 bits per heavy atom. The fraction of sp³-hybridized carbons (Fsp3) is 0.192. The molecule has 4 aromatic rings. The lowest BCUT2D eigenvalue weighted by Crippen LogP contribution is -2.15. The molecule has 0 atom stereocenters. The quantitative estimate of drug-likeness (QED) is 0.301. The maximum atomic E-state index is 15.3. The van der Waals surface area contributed by atoms with Crippen LogP contribution in [0.5, 0.6) is 0 Å². The zero-order valence-corrected chi connectivity index (χ0v) is 19.3. The summed E-state index contributed by atoms with van der Waals surface area (Å²) in [5.74, 6) is -0.663. The van der Waals surface area contributed by atoms with Crippen LogP contribution in [-0.2, 0) is 11.8 Å². The molecule has 0 radical (unpaired) electrons. The highest BCUT2D eigenvalue weighted by atomic mass is 35.5. The summed E-state index contributed by atoms with van der Waals surface area (Å²) in [5.41, 5.74) is -0.539. The minimum atomic E-state index is -4.63. The van der Waals surface area contributed by atoms with Gasteiger partial charge in [0.25, 0.3) is 0 Å². The molecule has 3 aromatic carbocycles. The SMILES string of the molecule is Cc1cccc(-c2ccc(-n3cc(C(C)(C)O)nc3-c3ccccc3C(F)(F)F)cc2F)c1Cl. The predicted octanol–water partition coefficient (Wildman–Crippen LogP) is 7.55. The summed E-state index contributed by atoms with van der Waals surface area (Å²) in [6, 6.07) is 14.6. The van der Waals surface area contributed by atoms with E-state index < -0.39 is 23.2 Å². The smallest absolute Gasteiger partial charge is 0.384 e. The molecule has 0 aliphatic carbocycles. The van der Waals surface area contributed by atoms with Crippen LogP contribution < -0.4 is 0 Å². The van der Waals surface area contributed by atoms with E-state index in [1.807, 2.05) is 13.0 Å². The molecule has 0 saturated heterocycles. The van der Waals surface area contributed by atoms with Crippen LogP contribution in [0.1, 0.15) is 30.7 Å². The van der Waals surface area contributed by atoms with Crippen molar-refractivity contribution in [2.24, 2.45) is 0 Å². The summed E-state index contributed by atoms with van der Waals surface area (Å²) in [6.45, 7) is 4.76. The first-order valence-corrected chi connectivity index (χ1v) is 10.8. The number of aryl methyl sites for hydroxylation is 1. The van der Waals surface area contributed by atoms with Crippen molar-refractivity contribution in [1.29, 1.82) is 0 Å². The molecule has 0 aliphatic heterocycles. The number of aliphatic hydroxyl groups is 1. The standard InChI is InChI=1S/C26H21ClF4N2O/c1-15-7-6-9-18(23(15)27)17-12-11-16(13-21(17)28)33-14-22(25(2,3)34)32-24(33)19-8-4-5-10-20(19)26(29,30)31/h4-14,34H,1-3H3. The number of hydrogen-bond donors (Lipinski definition) is 1.